The predicted octanol–water partition coefficient (Wildman–Crippen LogP) is 2.33. The van der Waals surface area contributed by atoms with Crippen LogP contribution in [0.5, 0.6) is 0 Å². The predicted molar refractivity (Wildman–Crippen MR) is 83.2 cm³/mol. The van der Waals surface area contributed by atoms with E-state index in [1.165, 1.54) is 5.56 Å². The Kier molecular flexibility index (Phi) is 5.51. The molecule has 0 aliphatic carbocycles. The number of likely N-dealkylation sites (tertiary alicyclic amines) is 1. The molecule has 1 fully saturated rings. The summed E-state index contributed by atoms with van der Waals surface area (Å²) in [4.78, 5) is 27.7. The summed E-state index contributed by atoms with van der Waals surface area (Å²) in [6, 6.07) is 7.86. The fourth-order valence-electron chi connectivity index (χ4n) is 2.60. The zero-order valence-corrected chi connectivity index (χ0v) is 13.0. The van der Waals surface area contributed by atoms with Gasteiger partial charge in [0.2, 0.25) is 0 Å². The molecular weight excluding hydrogens is 264 g/mol. The third-order valence-corrected chi connectivity index (χ3v) is 4.11. The van der Waals surface area contributed by atoms with E-state index in [0.717, 1.165) is 19.6 Å². The molecular formula is C17H24N2O2. The number of carbonyl (C=O) groups is 2. The standard InChI is InChI=1S/C17H24N2O2/c1-3-18(4-2)13-14-5-7-15(8-6-14)17(21)19-11-9-16(20)10-12-19/h5-8H,3-4,9-13H2,1-2H3. The first-order valence-electron chi connectivity index (χ1n) is 7.76. The zero-order valence-electron chi connectivity index (χ0n) is 13.0. The summed E-state index contributed by atoms with van der Waals surface area (Å²) in [5, 5.41) is 0. The van der Waals surface area contributed by atoms with Crippen molar-refractivity contribution < 1.29 is 9.59 Å². The Morgan fingerprint density at radius 3 is 2.19 bits per heavy atom. The summed E-state index contributed by atoms with van der Waals surface area (Å²) >= 11 is 0. The van der Waals surface area contributed by atoms with E-state index >= 15 is 0 Å². The second kappa shape index (κ2) is 7.36. The van der Waals surface area contributed by atoms with E-state index in [-0.39, 0.29) is 11.7 Å². The fourth-order valence-corrected chi connectivity index (χ4v) is 2.60. The first-order chi connectivity index (χ1) is 10.1. The van der Waals surface area contributed by atoms with E-state index in [4.69, 9.17) is 0 Å². The molecule has 1 aromatic carbocycles. The van der Waals surface area contributed by atoms with Crippen LogP contribution in [-0.4, -0.2) is 47.7 Å². The Morgan fingerprint density at radius 1 is 1.10 bits per heavy atom. The quantitative estimate of drug-likeness (QED) is 0.835. The Morgan fingerprint density at radius 2 is 1.67 bits per heavy atom. The summed E-state index contributed by atoms with van der Waals surface area (Å²) in [5.74, 6) is 0.297. The molecule has 0 saturated carbocycles. The van der Waals surface area contributed by atoms with Gasteiger partial charge >= 0.3 is 0 Å². The number of rotatable bonds is 5. The van der Waals surface area contributed by atoms with E-state index in [0.29, 0.717) is 31.5 Å². The third-order valence-electron chi connectivity index (χ3n) is 4.11. The summed E-state index contributed by atoms with van der Waals surface area (Å²) in [5.41, 5.74) is 1.94. The molecule has 4 heteroatoms. The van der Waals surface area contributed by atoms with Crippen LogP contribution in [-0.2, 0) is 11.3 Å². The van der Waals surface area contributed by atoms with E-state index in [2.05, 4.69) is 18.7 Å². The highest BCUT2D eigenvalue weighted by Gasteiger charge is 2.21. The van der Waals surface area contributed by atoms with Gasteiger partial charge in [0, 0.05) is 38.0 Å². The van der Waals surface area contributed by atoms with Gasteiger partial charge in [-0.3, -0.25) is 14.5 Å². The van der Waals surface area contributed by atoms with Crippen LogP contribution in [0.15, 0.2) is 24.3 Å². The van der Waals surface area contributed by atoms with Crippen molar-refractivity contribution in [2.75, 3.05) is 26.2 Å². The molecule has 1 aliphatic heterocycles. The van der Waals surface area contributed by atoms with Gasteiger partial charge in [-0.15, -0.1) is 0 Å². The maximum Gasteiger partial charge on any atom is 0.253 e. The molecule has 0 atom stereocenters. The van der Waals surface area contributed by atoms with Gasteiger partial charge in [0.05, 0.1) is 0 Å². The number of piperidine rings is 1. The minimum Gasteiger partial charge on any atom is -0.338 e. The van der Waals surface area contributed by atoms with Crippen LogP contribution in [0.3, 0.4) is 0 Å². The average Bonchev–Trinajstić information content (AvgIpc) is 2.53. The summed E-state index contributed by atoms with van der Waals surface area (Å²) < 4.78 is 0. The molecule has 0 unspecified atom stereocenters. The van der Waals surface area contributed by atoms with Crippen molar-refractivity contribution in [1.82, 2.24) is 9.80 Å². The largest absolute Gasteiger partial charge is 0.338 e. The maximum atomic E-state index is 12.4. The topological polar surface area (TPSA) is 40.6 Å². The molecule has 0 spiro atoms. The van der Waals surface area contributed by atoms with Crippen LogP contribution < -0.4 is 0 Å². The van der Waals surface area contributed by atoms with Gasteiger partial charge in [0.1, 0.15) is 5.78 Å². The smallest absolute Gasteiger partial charge is 0.253 e. The van der Waals surface area contributed by atoms with Gasteiger partial charge in [0.25, 0.3) is 5.91 Å². The number of nitrogens with zero attached hydrogens (tertiary/aromatic N) is 2. The number of ketones is 1. The molecule has 114 valence electrons. The average molecular weight is 288 g/mol. The van der Waals surface area contributed by atoms with Crippen molar-refractivity contribution in [1.29, 1.82) is 0 Å². The van der Waals surface area contributed by atoms with E-state index < -0.39 is 0 Å². The highest BCUT2D eigenvalue weighted by Crippen LogP contribution is 2.13. The number of amides is 1. The van der Waals surface area contributed by atoms with Crippen molar-refractivity contribution in [3.05, 3.63) is 35.4 Å². The molecule has 0 radical (unpaired) electrons. The van der Waals surface area contributed by atoms with Gasteiger partial charge in [0.15, 0.2) is 0 Å². The van der Waals surface area contributed by atoms with Crippen molar-refractivity contribution in [2.24, 2.45) is 0 Å². The first kappa shape index (κ1) is 15.7. The second-order valence-corrected chi connectivity index (χ2v) is 5.49. The SMILES string of the molecule is CCN(CC)Cc1ccc(C(=O)N2CCC(=O)CC2)cc1. The summed E-state index contributed by atoms with van der Waals surface area (Å²) in [7, 11) is 0. The Bertz CT molecular complexity index is 482. The summed E-state index contributed by atoms with van der Waals surface area (Å²) in [6.45, 7) is 8.38. The maximum absolute atomic E-state index is 12.4. The monoisotopic (exact) mass is 288 g/mol. The highest BCUT2D eigenvalue weighted by atomic mass is 16.2. The highest BCUT2D eigenvalue weighted by molar-refractivity contribution is 5.95. The van der Waals surface area contributed by atoms with Gasteiger partial charge in [-0.05, 0) is 30.8 Å². The molecule has 1 amide bonds. The van der Waals surface area contributed by atoms with Crippen LogP contribution in [0, 0.1) is 0 Å². The second-order valence-electron chi connectivity index (χ2n) is 5.49. The number of benzene rings is 1. The molecule has 0 bridgehead atoms. The molecule has 1 saturated heterocycles. The number of hydrogen-bond acceptors (Lipinski definition) is 3. The van der Waals surface area contributed by atoms with E-state index in [9.17, 15) is 9.59 Å². The minimum atomic E-state index is 0.0388. The molecule has 0 N–H and O–H groups in total. The van der Waals surface area contributed by atoms with Crippen molar-refractivity contribution in [2.45, 2.75) is 33.2 Å². The van der Waals surface area contributed by atoms with Crippen LogP contribution in [0.2, 0.25) is 0 Å². The summed E-state index contributed by atoms with van der Waals surface area (Å²) in [6.07, 6.45) is 0.984. The normalized spacial score (nSPS) is 15.6. The lowest BCUT2D eigenvalue weighted by Crippen LogP contribution is -2.38. The molecule has 2 rings (SSSR count). The zero-order chi connectivity index (χ0) is 15.2. The van der Waals surface area contributed by atoms with Crippen LogP contribution in [0.25, 0.3) is 0 Å². The number of carbonyl (C=O) groups excluding carboxylic acids is 2. The lowest BCUT2D eigenvalue weighted by Gasteiger charge is -2.26. The fraction of sp³-hybridized carbons (Fsp3) is 0.529. The third kappa shape index (κ3) is 4.14. The molecule has 0 aromatic heterocycles. The Hall–Kier alpha value is -1.68. The van der Waals surface area contributed by atoms with Gasteiger partial charge < -0.3 is 4.90 Å². The van der Waals surface area contributed by atoms with Crippen molar-refractivity contribution in [3.63, 3.8) is 0 Å². The number of Topliss-reactive ketones (excluding diaryl/α,β-unsaturated/α-hetero) is 1. The van der Waals surface area contributed by atoms with E-state index in [1.807, 2.05) is 24.3 Å². The molecule has 21 heavy (non-hydrogen) atoms. The van der Waals surface area contributed by atoms with Crippen molar-refractivity contribution >= 4 is 11.7 Å². The van der Waals surface area contributed by atoms with Gasteiger partial charge in [-0.1, -0.05) is 26.0 Å². The van der Waals surface area contributed by atoms with Crippen LogP contribution >= 0.6 is 0 Å². The lowest BCUT2D eigenvalue weighted by molar-refractivity contribution is -0.120. The molecule has 1 aromatic rings. The van der Waals surface area contributed by atoms with Crippen LogP contribution in [0.1, 0.15) is 42.6 Å². The molecule has 1 aliphatic rings. The van der Waals surface area contributed by atoms with E-state index in [1.54, 1.807) is 4.90 Å². The molecule has 1 heterocycles. The van der Waals surface area contributed by atoms with Crippen LogP contribution in [0.4, 0.5) is 0 Å². The minimum absolute atomic E-state index is 0.0388. The molecule has 4 nitrogen and oxygen atoms in total. The number of hydrogen-bond donors (Lipinski definition) is 0. The lowest BCUT2D eigenvalue weighted by atomic mass is 10.1. The van der Waals surface area contributed by atoms with Gasteiger partial charge in [-0.25, -0.2) is 0 Å². The van der Waals surface area contributed by atoms with Crippen molar-refractivity contribution in [3.8, 4) is 0 Å². The van der Waals surface area contributed by atoms with Gasteiger partial charge in [-0.2, -0.15) is 0 Å². The Labute approximate surface area is 126 Å². The first-order valence-corrected chi connectivity index (χ1v) is 7.76. The Balaban J connectivity index is 1.98.